The number of hydrogen-bond donors (Lipinski definition) is 1. The lowest BCUT2D eigenvalue weighted by molar-refractivity contribution is -0.122. The second-order valence-electron chi connectivity index (χ2n) is 5.01. The van der Waals surface area contributed by atoms with Crippen LogP contribution in [0.3, 0.4) is 0 Å². The summed E-state index contributed by atoms with van der Waals surface area (Å²) in [6.07, 6.45) is 2.85. The topological polar surface area (TPSA) is 120 Å². The number of carbonyl (C=O) groups is 1. The Labute approximate surface area is 138 Å². The monoisotopic (exact) mass is 334 g/mol. The molecule has 0 aromatic carbocycles. The summed E-state index contributed by atoms with van der Waals surface area (Å²) < 4.78 is 11.9. The average Bonchev–Trinajstić information content (AvgIpc) is 3.13. The number of ether oxygens (including phenoxy) is 2. The summed E-state index contributed by atoms with van der Waals surface area (Å²) in [7, 11) is 1.49. The Morgan fingerprint density at radius 2 is 2.17 bits per heavy atom. The van der Waals surface area contributed by atoms with Crippen LogP contribution in [0.1, 0.15) is 5.82 Å². The molecule has 1 aliphatic heterocycles. The maximum Gasteiger partial charge on any atom is 0.321 e. The number of anilines is 1. The summed E-state index contributed by atoms with van der Waals surface area (Å²) in [6.45, 7) is 2.90. The first kappa shape index (κ1) is 16.1. The summed E-state index contributed by atoms with van der Waals surface area (Å²) in [5, 5.41) is 6.62. The maximum atomic E-state index is 11.9. The Bertz CT molecular complexity index is 672. The number of aromatic nitrogens is 6. The molecule has 0 unspecified atom stereocenters. The quantitative estimate of drug-likeness (QED) is 0.681. The molecule has 2 aromatic heterocycles. The lowest BCUT2D eigenvalue weighted by atomic mass is 10.4. The third-order valence-corrected chi connectivity index (χ3v) is 3.34. The SMILES string of the molecule is COc1nc(CNC(=O)Cn2cncn2)nc(N2CCOCC2)n1. The second kappa shape index (κ2) is 7.64. The van der Waals surface area contributed by atoms with Crippen molar-refractivity contribution in [3.63, 3.8) is 0 Å². The number of morpholine rings is 1. The van der Waals surface area contributed by atoms with E-state index in [2.05, 4.69) is 30.4 Å². The fourth-order valence-corrected chi connectivity index (χ4v) is 2.16. The molecule has 1 amide bonds. The molecule has 0 spiro atoms. The summed E-state index contributed by atoms with van der Waals surface area (Å²) in [6, 6.07) is 0.215. The molecule has 0 bridgehead atoms. The number of carbonyl (C=O) groups excluding carboxylic acids is 1. The van der Waals surface area contributed by atoms with E-state index in [-0.39, 0.29) is 25.0 Å². The van der Waals surface area contributed by atoms with Crippen LogP contribution >= 0.6 is 0 Å². The summed E-state index contributed by atoms with van der Waals surface area (Å²) in [4.78, 5) is 30.5. The predicted octanol–water partition coefficient (Wildman–Crippen LogP) is -1.38. The van der Waals surface area contributed by atoms with E-state index in [1.54, 1.807) is 0 Å². The van der Waals surface area contributed by atoms with Crippen LogP contribution in [0.15, 0.2) is 12.7 Å². The Morgan fingerprint density at radius 1 is 1.33 bits per heavy atom. The minimum atomic E-state index is -0.215. The van der Waals surface area contributed by atoms with Gasteiger partial charge in [0, 0.05) is 13.1 Å². The van der Waals surface area contributed by atoms with Crippen LogP contribution in [0.25, 0.3) is 0 Å². The van der Waals surface area contributed by atoms with Gasteiger partial charge in [-0.25, -0.2) is 9.67 Å². The van der Waals surface area contributed by atoms with E-state index in [0.29, 0.717) is 38.1 Å². The fraction of sp³-hybridized carbons (Fsp3) is 0.538. The smallest absolute Gasteiger partial charge is 0.321 e. The molecule has 3 rings (SSSR count). The molecular formula is C13H18N8O3. The van der Waals surface area contributed by atoms with Crippen LogP contribution in [0.2, 0.25) is 0 Å². The van der Waals surface area contributed by atoms with Gasteiger partial charge < -0.3 is 19.7 Å². The standard InChI is InChI=1S/C13H18N8O3/c1-23-13-18-10(6-15-11(22)7-21-9-14-8-16-21)17-12(19-13)20-2-4-24-5-3-20/h8-9H,2-7H2,1H3,(H,15,22). The van der Waals surface area contributed by atoms with Crippen LogP contribution in [-0.4, -0.2) is 69.0 Å². The van der Waals surface area contributed by atoms with Crippen molar-refractivity contribution in [1.82, 2.24) is 35.0 Å². The van der Waals surface area contributed by atoms with Gasteiger partial charge in [-0.3, -0.25) is 4.79 Å². The van der Waals surface area contributed by atoms with E-state index in [1.165, 1.54) is 24.4 Å². The minimum Gasteiger partial charge on any atom is -0.467 e. The number of hydrogen-bond acceptors (Lipinski definition) is 9. The molecule has 2 aromatic rings. The van der Waals surface area contributed by atoms with Crippen LogP contribution in [-0.2, 0) is 22.6 Å². The summed E-state index contributed by atoms with van der Waals surface area (Å²) in [5.74, 6) is 0.730. The van der Waals surface area contributed by atoms with Gasteiger partial charge in [-0.05, 0) is 0 Å². The van der Waals surface area contributed by atoms with E-state index >= 15 is 0 Å². The van der Waals surface area contributed by atoms with Gasteiger partial charge in [-0.15, -0.1) is 0 Å². The highest BCUT2D eigenvalue weighted by atomic mass is 16.5. The first-order chi connectivity index (χ1) is 11.7. The number of rotatable bonds is 6. The lowest BCUT2D eigenvalue weighted by Crippen LogP contribution is -2.38. The molecule has 1 saturated heterocycles. The molecule has 3 heterocycles. The van der Waals surface area contributed by atoms with Crippen molar-refractivity contribution in [2.75, 3.05) is 38.3 Å². The van der Waals surface area contributed by atoms with E-state index in [9.17, 15) is 4.79 Å². The zero-order chi connectivity index (χ0) is 16.8. The molecule has 1 fully saturated rings. The Kier molecular flexibility index (Phi) is 5.11. The molecule has 1 N–H and O–H groups in total. The van der Waals surface area contributed by atoms with Crippen LogP contribution in [0, 0.1) is 0 Å². The molecule has 0 saturated carbocycles. The molecule has 0 atom stereocenters. The van der Waals surface area contributed by atoms with Gasteiger partial charge in [-0.2, -0.15) is 20.1 Å². The molecule has 0 radical (unpaired) electrons. The molecule has 24 heavy (non-hydrogen) atoms. The van der Waals surface area contributed by atoms with Crippen molar-refractivity contribution in [1.29, 1.82) is 0 Å². The van der Waals surface area contributed by atoms with Gasteiger partial charge in [-0.1, -0.05) is 0 Å². The Morgan fingerprint density at radius 3 is 2.88 bits per heavy atom. The predicted molar refractivity (Wildman–Crippen MR) is 81.3 cm³/mol. The van der Waals surface area contributed by atoms with Crippen molar-refractivity contribution in [2.24, 2.45) is 0 Å². The highest BCUT2D eigenvalue weighted by Crippen LogP contribution is 2.13. The third kappa shape index (κ3) is 4.13. The Hall–Kier alpha value is -2.82. The van der Waals surface area contributed by atoms with Gasteiger partial charge >= 0.3 is 6.01 Å². The van der Waals surface area contributed by atoms with Gasteiger partial charge in [0.05, 0.1) is 26.9 Å². The molecule has 128 valence electrons. The van der Waals surface area contributed by atoms with Crippen molar-refractivity contribution in [3.05, 3.63) is 18.5 Å². The van der Waals surface area contributed by atoms with E-state index in [1.807, 2.05) is 4.90 Å². The highest BCUT2D eigenvalue weighted by molar-refractivity contribution is 5.75. The van der Waals surface area contributed by atoms with Crippen molar-refractivity contribution >= 4 is 11.9 Å². The summed E-state index contributed by atoms with van der Waals surface area (Å²) >= 11 is 0. The summed E-state index contributed by atoms with van der Waals surface area (Å²) in [5.41, 5.74) is 0. The number of nitrogens with zero attached hydrogens (tertiary/aromatic N) is 7. The maximum absolute atomic E-state index is 11.9. The first-order valence-electron chi connectivity index (χ1n) is 7.45. The van der Waals surface area contributed by atoms with Crippen molar-refractivity contribution in [3.8, 4) is 6.01 Å². The minimum absolute atomic E-state index is 0.0819. The number of nitrogens with one attached hydrogen (secondary N) is 1. The highest BCUT2D eigenvalue weighted by Gasteiger charge is 2.17. The normalized spacial score (nSPS) is 14.5. The van der Waals surface area contributed by atoms with Gasteiger partial charge in [0.2, 0.25) is 11.9 Å². The van der Waals surface area contributed by atoms with Crippen LogP contribution < -0.4 is 15.0 Å². The van der Waals surface area contributed by atoms with Gasteiger partial charge in [0.15, 0.2) is 5.82 Å². The van der Waals surface area contributed by atoms with E-state index in [4.69, 9.17) is 9.47 Å². The lowest BCUT2D eigenvalue weighted by Gasteiger charge is -2.26. The second-order valence-corrected chi connectivity index (χ2v) is 5.01. The molecule has 11 nitrogen and oxygen atoms in total. The zero-order valence-corrected chi connectivity index (χ0v) is 13.3. The molecular weight excluding hydrogens is 316 g/mol. The average molecular weight is 334 g/mol. The third-order valence-electron chi connectivity index (χ3n) is 3.34. The molecule has 1 aliphatic rings. The molecule has 11 heteroatoms. The van der Waals surface area contributed by atoms with E-state index < -0.39 is 0 Å². The van der Waals surface area contributed by atoms with Gasteiger partial charge in [0.25, 0.3) is 0 Å². The zero-order valence-electron chi connectivity index (χ0n) is 13.3. The van der Waals surface area contributed by atoms with Crippen LogP contribution in [0.5, 0.6) is 6.01 Å². The first-order valence-corrected chi connectivity index (χ1v) is 7.45. The molecule has 0 aliphatic carbocycles. The Balaban J connectivity index is 1.64. The van der Waals surface area contributed by atoms with Gasteiger partial charge in [0.1, 0.15) is 19.2 Å². The van der Waals surface area contributed by atoms with Crippen LogP contribution in [0.4, 0.5) is 5.95 Å². The fourth-order valence-electron chi connectivity index (χ4n) is 2.16. The largest absolute Gasteiger partial charge is 0.467 e. The number of amides is 1. The number of methoxy groups -OCH3 is 1. The van der Waals surface area contributed by atoms with Crippen molar-refractivity contribution in [2.45, 2.75) is 13.1 Å². The van der Waals surface area contributed by atoms with Crippen molar-refractivity contribution < 1.29 is 14.3 Å². The van der Waals surface area contributed by atoms with E-state index in [0.717, 1.165) is 0 Å².